The third-order valence-corrected chi connectivity index (χ3v) is 3.28. The number of hydrogen-bond donors (Lipinski definition) is 2. The maximum Gasteiger partial charge on any atom is 0.255 e. The summed E-state index contributed by atoms with van der Waals surface area (Å²) in [4.78, 5) is 1.42. The lowest BCUT2D eigenvalue weighted by Gasteiger charge is -2.24. The molecule has 0 aliphatic rings. The number of rotatable bonds is 10. The number of anilines is 1. The van der Waals surface area contributed by atoms with Crippen LogP contribution in [0.15, 0.2) is 18.2 Å². The Morgan fingerprint density at radius 3 is 2.76 bits per heavy atom. The van der Waals surface area contributed by atoms with Crippen molar-refractivity contribution in [2.75, 3.05) is 44.9 Å². The van der Waals surface area contributed by atoms with Crippen molar-refractivity contribution in [3.8, 4) is 0 Å². The highest BCUT2D eigenvalue weighted by Crippen LogP contribution is 2.24. The van der Waals surface area contributed by atoms with Crippen LogP contribution in [0.5, 0.6) is 0 Å². The van der Waals surface area contributed by atoms with Gasteiger partial charge in [-0.1, -0.05) is 17.7 Å². The summed E-state index contributed by atoms with van der Waals surface area (Å²) in [5.74, 6) is 0. The second-order valence-electron chi connectivity index (χ2n) is 4.51. The van der Waals surface area contributed by atoms with Gasteiger partial charge in [-0.05, 0) is 17.7 Å². The predicted octanol–water partition coefficient (Wildman–Crippen LogP) is 2.14. The minimum atomic E-state index is -2.47. The minimum Gasteiger partial charge on any atom is -0.395 e. The summed E-state index contributed by atoms with van der Waals surface area (Å²) < 4.78 is 30.0. The zero-order chi connectivity index (χ0) is 15.7. The Bertz CT molecular complexity index is 422. The van der Waals surface area contributed by atoms with Crippen LogP contribution < -0.4 is 10.2 Å². The SMILES string of the molecule is COCCNCc1ccc(N(CCO)CC(F)F)cc1Cl. The number of nitrogens with one attached hydrogen (secondary N) is 1. The number of aliphatic hydroxyl groups excluding tert-OH is 1. The Morgan fingerprint density at radius 1 is 1.43 bits per heavy atom. The molecule has 0 saturated heterocycles. The van der Waals surface area contributed by atoms with Gasteiger partial charge in [-0.25, -0.2) is 8.78 Å². The standard InChI is InChI=1S/C14H21ClF2N2O2/c1-21-7-4-18-9-11-2-3-12(8-13(11)15)19(5-6-20)10-14(16)17/h2-3,8,14,18,20H,4-7,9-10H2,1H3. The average Bonchev–Trinajstić information content (AvgIpc) is 2.44. The molecule has 1 aromatic rings. The van der Waals surface area contributed by atoms with Gasteiger partial charge >= 0.3 is 0 Å². The van der Waals surface area contributed by atoms with E-state index < -0.39 is 13.0 Å². The largest absolute Gasteiger partial charge is 0.395 e. The molecule has 0 atom stereocenters. The van der Waals surface area contributed by atoms with E-state index in [0.717, 1.165) is 5.56 Å². The number of benzene rings is 1. The normalized spacial score (nSPS) is 11.1. The number of ether oxygens (including phenoxy) is 1. The fraction of sp³-hybridized carbons (Fsp3) is 0.571. The number of halogens is 3. The predicted molar refractivity (Wildman–Crippen MR) is 80.3 cm³/mol. The number of hydrogen-bond acceptors (Lipinski definition) is 4. The summed E-state index contributed by atoms with van der Waals surface area (Å²) >= 11 is 6.18. The van der Waals surface area contributed by atoms with Crippen LogP contribution in [0.4, 0.5) is 14.5 Å². The van der Waals surface area contributed by atoms with Crippen LogP contribution in [0.1, 0.15) is 5.56 Å². The zero-order valence-corrected chi connectivity index (χ0v) is 12.7. The molecule has 0 amide bonds. The Kier molecular flexibility index (Phi) is 8.52. The smallest absolute Gasteiger partial charge is 0.255 e. The molecule has 0 heterocycles. The first kappa shape index (κ1) is 18.1. The van der Waals surface area contributed by atoms with Crippen LogP contribution >= 0.6 is 11.6 Å². The second-order valence-corrected chi connectivity index (χ2v) is 4.91. The van der Waals surface area contributed by atoms with E-state index in [9.17, 15) is 8.78 Å². The number of aliphatic hydroxyl groups is 1. The van der Waals surface area contributed by atoms with E-state index in [-0.39, 0.29) is 13.2 Å². The topological polar surface area (TPSA) is 44.7 Å². The monoisotopic (exact) mass is 322 g/mol. The molecule has 0 aromatic heterocycles. The van der Waals surface area contributed by atoms with E-state index in [0.29, 0.717) is 30.4 Å². The van der Waals surface area contributed by atoms with Gasteiger partial charge in [0, 0.05) is 37.5 Å². The molecule has 2 N–H and O–H groups in total. The molecular formula is C14H21ClF2N2O2. The van der Waals surface area contributed by atoms with E-state index in [1.165, 1.54) is 4.90 Å². The Morgan fingerprint density at radius 2 is 2.19 bits per heavy atom. The van der Waals surface area contributed by atoms with Crippen LogP contribution in [0.3, 0.4) is 0 Å². The van der Waals surface area contributed by atoms with Crippen LogP contribution in [0, 0.1) is 0 Å². The van der Waals surface area contributed by atoms with Gasteiger partial charge < -0.3 is 20.1 Å². The summed E-state index contributed by atoms with van der Waals surface area (Å²) in [5.41, 5.74) is 1.47. The van der Waals surface area contributed by atoms with Crippen LogP contribution in [0.2, 0.25) is 5.02 Å². The molecule has 1 rings (SSSR count). The highest BCUT2D eigenvalue weighted by atomic mass is 35.5. The number of methoxy groups -OCH3 is 1. The summed E-state index contributed by atoms with van der Waals surface area (Å²) in [5, 5.41) is 12.6. The molecule has 0 fully saturated rings. The van der Waals surface area contributed by atoms with E-state index in [1.54, 1.807) is 25.3 Å². The zero-order valence-electron chi connectivity index (χ0n) is 12.0. The first-order chi connectivity index (χ1) is 10.1. The molecule has 21 heavy (non-hydrogen) atoms. The molecule has 4 nitrogen and oxygen atoms in total. The molecule has 0 bridgehead atoms. The van der Waals surface area contributed by atoms with Crippen molar-refractivity contribution in [1.82, 2.24) is 5.32 Å². The molecule has 120 valence electrons. The summed E-state index contributed by atoms with van der Waals surface area (Å²) in [6, 6.07) is 5.18. The molecule has 0 aliphatic heterocycles. The Labute approximate surface area is 128 Å². The maximum atomic E-state index is 12.5. The van der Waals surface area contributed by atoms with Gasteiger partial charge in [0.2, 0.25) is 0 Å². The first-order valence-corrected chi connectivity index (χ1v) is 7.08. The van der Waals surface area contributed by atoms with Gasteiger partial charge in [-0.15, -0.1) is 0 Å². The third kappa shape index (κ3) is 6.56. The number of nitrogens with zero attached hydrogens (tertiary/aromatic N) is 1. The molecule has 7 heteroatoms. The Balaban J connectivity index is 2.69. The van der Waals surface area contributed by atoms with E-state index >= 15 is 0 Å². The molecule has 0 spiro atoms. The van der Waals surface area contributed by atoms with Gasteiger partial charge in [0.15, 0.2) is 0 Å². The minimum absolute atomic E-state index is 0.145. The van der Waals surface area contributed by atoms with Crippen LogP contribution in [0.25, 0.3) is 0 Å². The van der Waals surface area contributed by atoms with E-state index in [4.69, 9.17) is 21.4 Å². The summed E-state index contributed by atoms with van der Waals surface area (Å²) in [6.07, 6.45) is -2.47. The maximum absolute atomic E-state index is 12.5. The van der Waals surface area contributed by atoms with Crippen molar-refractivity contribution in [3.63, 3.8) is 0 Å². The van der Waals surface area contributed by atoms with Gasteiger partial charge in [0.1, 0.15) is 0 Å². The number of alkyl halides is 2. The van der Waals surface area contributed by atoms with Crippen LogP contribution in [-0.4, -0.2) is 51.5 Å². The van der Waals surface area contributed by atoms with Crippen molar-refractivity contribution in [3.05, 3.63) is 28.8 Å². The van der Waals surface area contributed by atoms with Gasteiger partial charge in [-0.3, -0.25) is 0 Å². The van der Waals surface area contributed by atoms with Crippen molar-refractivity contribution in [2.24, 2.45) is 0 Å². The third-order valence-electron chi connectivity index (χ3n) is 2.93. The highest BCUT2D eigenvalue weighted by Gasteiger charge is 2.13. The first-order valence-electron chi connectivity index (χ1n) is 6.70. The fourth-order valence-corrected chi connectivity index (χ4v) is 2.13. The van der Waals surface area contributed by atoms with Crippen molar-refractivity contribution < 1.29 is 18.6 Å². The molecular weight excluding hydrogens is 302 g/mol. The van der Waals surface area contributed by atoms with Crippen molar-refractivity contribution >= 4 is 17.3 Å². The van der Waals surface area contributed by atoms with Gasteiger partial charge in [0.05, 0.1) is 19.8 Å². The van der Waals surface area contributed by atoms with Crippen molar-refractivity contribution in [1.29, 1.82) is 0 Å². The molecule has 0 aliphatic carbocycles. The molecule has 0 unspecified atom stereocenters. The lowest BCUT2D eigenvalue weighted by atomic mass is 10.2. The molecule has 0 radical (unpaired) electrons. The quantitative estimate of drug-likeness (QED) is 0.648. The highest BCUT2D eigenvalue weighted by molar-refractivity contribution is 6.31. The van der Waals surface area contributed by atoms with Crippen LogP contribution in [-0.2, 0) is 11.3 Å². The average molecular weight is 323 g/mol. The van der Waals surface area contributed by atoms with Crippen molar-refractivity contribution in [2.45, 2.75) is 13.0 Å². The molecule has 1 aromatic carbocycles. The lowest BCUT2D eigenvalue weighted by molar-refractivity contribution is 0.153. The molecule has 0 saturated carbocycles. The van der Waals surface area contributed by atoms with Gasteiger partial charge in [0.25, 0.3) is 6.43 Å². The van der Waals surface area contributed by atoms with E-state index in [2.05, 4.69) is 5.32 Å². The summed E-state index contributed by atoms with van der Waals surface area (Å²) in [6.45, 7) is 1.42. The Hall–Kier alpha value is -0.950. The summed E-state index contributed by atoms with van der Waals surface area (Å²) in [7, 11) is 1.63. The van der Waals surface area contributed by atoms with Gasteiger partial charge in [-0.2, -0.15) is 0 Å². The lowest BCUT2D eigenvalue weighted by Crippen LogP contribution is -2.31. The second kappa shape index (κ2) is 9.89. The fourth-order valence-electron chi connectivity index (χ4n) is 1.89. The van der Waals surface area contributed by atoms with E-state index in [1.807, 2.05) is 0 Å².